The summed E-state index contributed by atoms with van der Waals surface area (Å²) in [7, 11) is 0. The van der Waals surface area contributed by atoms with Gasteiger partial charge in [0.1, 0.15) is 11.7 Å². The number of alkyl halides is 3. The Morgan fingerprint density at radius 1 is 1.12 bits per heavy atom. The second-order valence-electron chi connectivity index (χ2n) is 7.18. The van der Waals surface area contributed by atoms with Crippen LogP contribution in [0.15, 0.2) is 48.8 Å². The first-order chi connectivity index (χ1) is 16.2. The lowest BCUT2D eigenvalue weighted by molar-refractivity contribution is -0.137. The third-order valence-electron chi connectivity index (χ3n) is 4.85. The van der Waals surface area contributed by atoms with Crippen LogP contribution in [0, 0.1) is 11.3 Å². The topological polar surface area (TPSA) is 126 Å². The molecule has 1 unspecified atom stereocenters. The summed E-state index contributed by atoms with van der Waals surface area (Å²) in [5.74, 6) is -1.24. The van der Waals surface area contributed by atoms with Gasteiger partial charge in [0.25, 0.3) is 11.8 Å². The van der Waals surface area contributed by atoms with E-state index in [9.17, 15) is 28.0 Å². The lowest BCUT2D eigenvalue weighted by Crippen LogP contribution is -2.28. The smallest absolute Gasteiger partial charge is 0.349 e. The molecule has 0 aliphatic carbocycles. The van der Waals surface area contributed by atoms with Crippen LogP contribution in [-0.2, 0) is 19.1 Å². The Bertz CT molecular complexity index is 1180. The largest absolute Gasteiger partial charge is 0.417 e. The van der Waals surface area contributed by atoms with Crippen LogP contribution in [0.2, 0.25) is 0 Å². The zero-order valence-corrected chi connectivity index (χ0v) is 18.0. The monoisotopic (exact) mass is 471 g/mol. The molecule has 3 rings (SSSR count). The molecular weight excluding hydrogens is 451 g/mol. The highest BCUT2D eigenvalue weighted by Crippen LogP contribution is 2.28. The number of nitrogens with one attached hydrogen (secondary N) is 2. The maximum absolute atomic E-state index is 12.6. The standard InChI is InChI=1S/C22H20F3N7O2/c1-2-14-3-5-15(6-4-14)18(11-26)29-21(34)19-13-32(31-30-19)10-9-27-20(33)17-8-7-16(12-28-17)22(23,24)25/h3-8,12-13,18H,2,9-10H2,1H3,(H,27,33)(H,29,34). The molecule has 9 nitrogen and oxygen atoms in total. The highest BCUT2D eigenvalue weighted by atomic mass is 19.4. The van der Waals surface area contributed by atoms with Crippen molar-refractivity contribution in [2.45, 2.75) is 32.1 Å². The van der Waals surface area contributed by atoms with E-state index in [0.717, 1.165) is 24.1 Å². The number of aryl methyl sites for hydroxylation is 1. The molecule has 2 heterocycles. The van der Waals surface area contributed by atoms with Crippen LogP contribution < -0.4 is 10.6 Å². The van der Waals surface area contributed by atoms with Gasteiger partial charge >= 0.3 is 6.18 Å². The first-order valence-corrected chi connectivity index (χ1v) is 10.2. The van der Waals surface area contributed by atoms with E-state index in [1.165, 1.54) is 10.9 Å². The molecule has 2 aromatic heterocycles. The Morgan fingerprint density at radius 3 is 2.44 bits per heavy atom. The van der Waals surface area contributed by atoms with Gasteiger partial charge in [-0.15, -0.1) is 5.10 Å². The highest BCUT2D eigenvalue weighted by molar-refractivity contribution is 5.92. The van der Waals surface area contributed by atoms with Crippen molar-refractivity contribution in [3.63, 3.8) is 0 Å². The van der Waals surface area contributed by atoms with Crippen LogP contribution in [0.25, 0.3) is 0 Å². The molecule has 0 spiro atoms. The summed E-state index contributed by atoms with van der Waals surface area (Å²) < 4.78 is 39.0. The van der Waals surface area contributed by atoms with Crippen LogP contribution >= 0.6 is 0 Å². The zero-order valence-electron chi connectivity index (χ0n) is 18.0. The molecule has 3 aromatic rings. The third kappa shape index (κ3) is 6.16. The molecule has 0 saturated heterocycles. The summed E-state index contributed by atoms with van der Waals surface area (Å²) in [6.45, 7) is 2.22. The van der Waals surface area contributed by atoms with E-state index in [1.807, 2.05) is 25.1 Å². The van der Waals surface area contributed by atoms with Crippen molar-refractivity contribution in [3.8, 4) is 6.07 Å². The summed E-state index contributed by atoms with van der Waals surface area (Å²) in [4.78, 5) is 28.0. The lowest BCUT2D eigenvalue weighted by Gasteiger charge is -2.11. The number of hydrogen-bond acceptors (Lipinski definition) is 6. The van der Waals surface area contributed by atoms with Crippen LogP contribution in [0.5, 0.6) is 0 Å². The number of pyridine rings is 1. The van der Waals surface area contributed by atoms with E-state index in [0.29, 0.717) is 11.8 Å². The maximum Gasteiger partial charge on any atom is 0.417 e. The normalized spacial score (nSPS) is 12.0. The van der Waals surface area contributed by atoms with Crippen molar-refractivity contribution < 1.29 is 22.8 Å². The summed E-state index contributed by atoms with van der Waals surface area (Å²) in [5, 5.41) is 22.1. The number of aromatic nitrogens is 4. The molecule has 176 valence electrons. The number of nitrogens with zero attached hydrogens (tertiary/aromatic N) is 5. The number of carbonyl (C=O) groups excluding carboxylic acids is 2. The Balaban J connectivity index is 1.52. The SMILES string of the molecule is CCc1ccc(C(C#N)NC(=O)c2cn(CCNC(=O)c3ccc(C(F)(F)F)cn3)nn2)cc1. The quantitative estimate of drug-likeness (QED) is 0.520. The van der Waals surface area contributed by atoms with Gasteiger partial charge in [-0.1, -0.05) is 36.4 Å². The van der Waals surface area contributed by atoms with Crippen molar-refractivity contribution in [2.75, 3.05) is 6.54 Å². The Hall–Kier alpha value is -4.27. The van der Waals surface area contributed by atoms with Gasteiger partial charge in [0.2, 0.25) is 0 Å². The van der Waals surface area contributed by atoms with Gasteiger partial charge in [0.15, 0.2) is 5.69 Å². The molecule has 34 heavy (non-hydrogen) atoms. The van der Waals surface area contributed by atoms with Crippen LogP contribution in [0.1, 0.15) is 50.6 Å². The summed E-state index contributed by atoms with van der Waals surface area (Å²) in [6, 6.07) is 10.3. The average Bonchev–Trinajstić information content (AvgIpc) is 3.31. The van der Waals surface area contributed by atoms with E-state index in [2.05, 4.69) is 25.9 Å². The predicted molar refractivity (Wildman–Crippen MR) is 113 cm³/mol. The van der Waals surface area contributed by atoms with E-state index in [4.69, 9.17) is 0 Å². The Morgan fingerprint density at radius 2 is 1.85 bits per heavy atom. The Labute approximate surface area is 192 Å². The van der Waals surface area contributed by atoms with Crippen molar-refractivity contribution in [1.82, 2.24) is 30.6 Å². The van der Waals surface area contributed by atoms with Crippen molar-refractivity contribution in [3.05, 3.63) is 76.9 Å². The molecule has 1 atom stereocenters. The zero-order chi connectivity index (χ0) is 24.7. The van der Waals surface area contributed by atoms with Gasteiger partial charge in [-0.3, -0.25) is 14.6 Å². The fourth-order valence-corrected chi connectivity index (χ4v) is 2.92. The van der Waals surface area contributed by atoms with E-state index in [-0.39, 0.29) is 24.5 Å². The molecule has 2 amide bonds. The van der Waals surface area contributed by atoms with Gasteiger partial charge < -0.3 is 10.6 Å². The first kappa shape index (κ1) is 24.4. The van der Waals surface area contributed by atoms with Crippen LogP contribution in [0.4, 0.5) is 13.2 Å². The predicted octanol–water partition coefficient (Wildman–Crippen LogP) is 2.68. The van der Waals surface area contributed by atoms with Crippen LogP contribution in [0.3, 0.4) is 0 Å². The van der Waals surface area contributed by atoms with Gasteiger partial charge in [-0.25, -0.2) is 4.68 Å². The molecule has 0 saturated carbocycles. The number of carbonyl (C=O) groups is 2. The minimum absolute atomic E-state index is 0.0128. The first-order valence-electron chi connectivity index (χ1n) is 10.2. The van der Waals surface area contributed by atoms with Gasteiger partial charge in [0.05, 0.1) is 24.4 Å². The fraction of sp³-hybridized carbons (Fsp3) is 0.273. The Kier molecular flexibility index (Phi) is 7.57. The highest BCUT2D eigenvalue weighted by Gasteiger charge is 2.30. The van der Waals surface area contributed by atoms with E-state index < -0.39 is 29.6 Å². The molecule has 1 aromatic carbocycles. The number of benzene rings is 1. The lowest BCUT2D eigenvalue weighted by atomic mass is 10.0. The van der Waals surface area contributed by atoms with E-state index >= 15 is 0 Å². The summed E-state index contributed by atoms with van der Waals surface area (Å²) in [6.07, 6.45) is -1.74. The molecular formula is C22H20F3N7O2. The van der Waals surface area contributed by atoms with Gasteiger partial charge in [-0.05, 0) is 29.7 Å². The maximum atomic E-state index is 12.6. The fourth-order valence-electron chi connectivity index (χ4n) is 2.92. The number of rotatable bonds is 8. The second-order valence-corrected chi connectivity index (χ2v) is 7.18. The molecule has 0 fully saturated rings. The number of amides is 2. The van der Waals surface area contributed by atoms with Crippen molar-refractivity contribution in [1.29, 1.82) is 5.26 Å². The van der Waals surface area contributed by atoms with Gasteiger partial charge in [0, 0.05) is 12.7 Å². The molecule has 0 aliphatic rings. The molecule has 0 aliphatic heterocycles. The summed E-state index contributed by atoms with van der Waals surface area (Å²) >= 11 is 0. The van der Waals surface area contributed by atoms with Gasteiger partial charge in [-0.2, -0.15) is 18.4 Å². The third-order valence-corrected chi connectivity index (χ3v) is 4.85. The molecule has 0 radical (unpaired) electrons. The molecule has 12 heteroatoms. The molecule has 2 N–H and O–H groups in total. The average molecular weight is 471 g/mol. The summed E-state index contributed by atoms with van der Waals surface area (Å²) in [5.41, 5.74) is 0.618. The van der Waals surface area contributed by atoms with E-state index in [1.54, 1.807) is 12.1 Å². The minimum atomic E-state index is -4.54. The second kappa shape index (κ2) is 10.6. The number of halogens is 3. The van der Waals surface area contributed by atoms with Crippen molar-refractivity contribution in [2.24, 2.45) is 0 Å². The van der Waals surface area contributed by atoms with Crippen LogP contribution in [-0.4, -0.2) is 38.3 Å². The number of hydrogen-bond donors (Lipinski definition) is 2. The minimum Gasteiger partial charge on any atom is -0.349 e. The number of nitriles is 1. The van der Waals surface area contributed by atoms with Crippen molar-refractivity contribution >= 4 is 11.8 Å². The molecule has 0 bridgehead atoms.